The van der Waals surface area contributed by atoms with E-state index in [0.29, 0.717) is 0 Å². The average molecular weight is 304 g/mol. The molecule has 0 N–H and O–H groups in total. The van der Waals surface area contributed by atoms with E-state index in [4.69, 9.17) is 4.42 Å². The van der Waals surface area contributed by atoms with Crippen LogP contribution in [-0.4, -0.2) is 9.32 Å². The molecule has 0 aliphatic heterocycles. The normalized spacial score (nSPS) is 11.7. The largest absolute Gasteiger partial charge is 0.439 e. The molecule has 0 saturated heterocycles. The number of hydrogen-bond donors (Lipinski definition) is 0. The van der Waals surface area contributed by atoms with Gasteiger partial charge in [0, 0.05) is 23.6 Å². The van der Waals surface area contributed by atoms with E-state index in [-0.39, 0.29) is 5.69 Å². The van der Waals surface area contributed by atoms with Crippen LogP contribution in [0.3, 0.4) is 0 Å². The van der Waals surface area contributed by atoms with E-state index < -0.39 is 4.92 Å². The van der Waals surface area contributed by atoms with Gasteiger partial charge in [-0.05, 0) is 29.8 Å². The van der Waals surface area contributed by atoms with E-state index >= 15 is 0 Å². The summed E-state index contributed by atoms with van der Waals surface area (Å²) in [5.41, 5.74) is 2.85. The first-order valence-electron chi connectivity index (χ1n) is 7.13. The Bertz CT molecular complexity index is 1040. The van der Waals surface area contributed by atoms with Crippen LogP contribution in [0.4, 0.5) is 5.69 Å². The van der Waals surface area contributed by atoms with Crippen molar-refractivity contribution in [2.45, 2.75) is 0 Å². The first-order chi connectivity index (χ1) is 11.2. The fraction of sp³-hybridized carbons (Fsp3) is 0. The second kappa shape index (κ2) is 5.14. The highest BCUT2D eigenvalue weighted by Crippen LogP contribution is 2.23. The van der Waals surface area contributed by atoms with Gasteiger partial charge in [0.2, 0.25) is 5.71 Å². The number of hydrogen-bond acceptors (Lipinski definition) is 3. The van der Waals surface area contributed by atoms with Crippen LogP contribution in [0, 0.1) is 10.1 Å². The van der Waals surface area contributed by atoms with Gasteiger partial charge >= 0.3 is 0 Å². The van der Waals surface area contributed by atoms with Crippen molar-refractivity contribution in [2.24, 2.45) is 0 Å². The maximum Gasteiger partial charge on any atom is 0.269 e. The molecule has 0 amide bonds. The lowest BCUT2D eigenvalue weighted by Gasteiger charge is -1.93. The van der Waals surface area contributed by atoms with Crippen molar-refractivity contribution < 1.29 is 9.34 Å². The van der Waals surface area contributed by atoms with Crippen LogP contribution < -0.4 is 0 Å². The van der Waals surface area contributed by atoms with Crippen LogP contribution in [0.2, 0.25) is 0 Å². The Hall–Kier alpha value is -3.34. The van der Waals surface area contributed by atoms with Gasteiger partial charge in [-0.15, -0.1) is 0 Å². The molecule has 0 fully saturated rings. The molecule has 2 aromatic carbocycles. The van der Waals surface area contributed by atoms with Gasteiger partial charge in [0.1, 0.15) is 5.76 Å². The summed E-state index contributed by atoms with van der Waals surface area (Å²) in [4.78, 5) is 10.2. The fourth-order valence-corrected chi connectivity index (χ4v) is 2.60. The molecule has 0 bridgehead atoms. The molecule has 0 atom stereocenters. The highest BCUT2D eigenvalue weighted by Gasteiger charge is 2.06. The molecule has 2 heterocycles. The summed E-state index contributed by atoms with van der Waals surface area (Å²) in [5.74, 6) is 0.726. The number of fused-ring (bicyclic) bond motifs is 3. The van der Waals surface area contributed by atoms with E-state index in [9.17, 15) is 10.1 Å². The van der Waals surface area contributed by atoms with Gasteiger partial charge in [0.25, 0.3) is 5.69 Å². The second-order valence-corrected chi connectivity index (χ2v) is 5.23. The second-order valence-electron chi connectivity index (χ2n) is 5.23. The van der Waals surface area contributed by atoms with Crippen molar-refractivity contribution in [3.63, 3.8) is 0 Å². The summed E-state index contributed by atoms with van der Waals surface area (Å²) in [7, 11) is 0. The number of benzene rings is 2. The van der Waals surface area contributed by atoms with Crippen LogP contribution >= 0.6 is 0 Å². The molecule has 0 spiro atoms. The van der Waals surface area contributed by atoms with E-state index in [1.54, 1.807) is 12.1 Å². The Balaban J connectivity index is 1.65. The zero-order chi connectivity index (χ0) is 15.8. The molecule has 0 saturated carbocycles. The molecule has 5 nitrogen and oxygen atoms in total. The van der Waals surface area contributed by atoms with E-state index in [2.05, 4.69) is 0 Å². The number of nitrogens with zero attached hydrogens (tertiary/aromatic N) is 2. The SMILES string of the molecule is O=[N+]([O-])c1ccc(C=Cc2cn3c(cc4ccccc43)o2)cc1. The Labute approximate surface area is 131 Å². The number of rotatable bonds is 3. The molecule has 0 radical (unpaired) electrons. The Morgan fingerprint density at radius 3 is 2.61 bits per heavy atom. The standard InChI is InChI=1S/C18H12N2O3/c21-20(22)15-8-5-13(6-9-15)7-10-16-12-19-17-4-2-1-3-14(17)11-18(19)23-16/h1-12H. The monoisotopic (exact) mass is 304 g/mol. The van der Waals surface area contributed by atoms with Crippen LogP contribution in [-0.2, 0) is 0 Å². The van der Waals surface area contributed by atoms with Crippen LogP contribution in [0.15, 0.2) is 65.2 Å². The van der Waals surface area contributed by atoms with E-state index in [1.165, 1.54) is 12.1 Å². The molecule has 23 heavy (non-hydrogen) atoms. The van der Waals surface area contributed by atoms with E-state index in [0.717, 1.165) is 27.9 Å². The number of para-hydroxylation sites is 1. The van der Waals surface area contributed by atoms with Crippen molar-refractivity contribution in [2.75, 3.05) is 0 Å². The summed E-state index contributed by atoms with van der Waals surface area (Å²) < 4.78 is 7.81. The number of nitro benzene ring substituents is 1. The number of nitro groups is 1. The lowest BCUT2D eigenvalue weighted by atomic mass is 10.2. The van der Waals surface area contributed by atoms with Crippen molar-refractivity contribution in [3.8, 4) is 0 Å². The molecule has 0 aliphatic rings. The first-order valence-corrected chi connectivity index (χ1v) is 7.13. The van der Waals surface area contributed by atoms with Crippen molar-refractivity contribution in [1.29, 1.82) is 0 Å². The van der Waals surface area contributed by atoms with Crippen molar-refractivity contribution in [3.05, 3.63) is 82.2 Å². The molecule has 0 aliphatic carbocycles. The maximum absolute atomic E-state index is 10.6. The predicted molar refractivity (Wildman–Crippen MR) is 89.2 cm³/mol. The van der Waals surface area contributed by atoms with Crippen LogP contribution in [0.25, 0.3) is 28.8 Å². The first kappa shape index (κ1) is 13.3. The van der Waals surface area contributed by atoms with Gasteiger partial charge < -0.3 is 4.42 Å². The van der Waals surface area contributed by atoms with Gasteiger partial charge in [0.05, 0.1) is 16.6 Å². The lowest BCUT2D eigenvalue weighted by molar-refractivity contribution is -0.384. The molecule has 4 rings (SSSR count). The quantitative estimate of drug-likeness (QED) is 0.405. The third kappa shape index (κ3) is 2.38. The smallest absolute Gasteiger partial charge is 0.269 e. The maximum atomic E-state index is 10.6. The minimum atomic E-state index is -0.408. The molecule has 2 aromatic heterocycles. The summed E-state index contributed by atoms with van der Waals surface area (Å²) >= 11 is 0. The topological polar surface area (TPSA) is 60.7 Å². The highest BCUT2D eigenvalue weighted by molar-refractivity contribution is 5.86. The molecule has 5 heteroatoms. The highest BCUT2D eigenvalue weighted by atomic mass is 16.6. The molecular formula is C18H12N2O3. The minimum Gasteiger partial charge on any atom is -0.439 e. The minimum absolute atomic E-state index is 0.0842. The van der Waals surface area contributed by atoms with Crippen LogP contribution in [0.1, 0.15) is 11.3 Å². The van der Waals surface area contributed by atoms with Gasteiger partial charge in [0.15, 0.2) is 0 Å². The van der Waals surface area contributed by atoms with Crippen LogP contribution in [0.5, 0.6) is 0 Å². The van der Waals surface area contributed by atoms with Gasteiger partial charge in [-0.1, -0.05) is 24.3 Å². The molecule has 112 valence electrons. The zero-order valence-corrected chi connectivity index (χ0v) is 12.0. The third-order valence-electron chi connectivity index (χ3n) is 3.74. The molecule has 4 aromatic rings. The van der Waals surface area contributed by atoms with Gasteiger partial charge in [-0.25, -0.2) is 0 Å². The number of oxazole rings is 1. The average Bonchev–Trinajstić information content (AvgIpc) is 3.10. The Morgan fingerprint density at radius 2 is 1.83 bits per heavy atom. The Morgan fingerprint density at radius 1 is 1.04 bits per heavy atom. The Kier molecular flexibility index (Phi) is 2.98. The molecular weight excluding hydrogens is 292 g/mol. The molecule has 0 unspecified atom stereocenters. The zero-order valence-electron chi connectivity index (χ0n) is 12.0. The number of non-ortho nitro benzene ring substituents is 1. The number of aromatic nitrogens is 1. The third-order valence-corrected chi connectivity index (χ3v) is 3.74. The summed E-state index contributed by atoms with van der Waals surface area (Å²) in [5, 5.41) is 11.8. The lowest BCUT2D eigenvalue weighted by Crippen LogP contribution is -1.86. The van der Waals surface area contributed by atoms with Gasteiger partial charge in [-0.2, -0.15) is 0 Å². The summed E-state index contributed by atoms with van der Waals surface area (Å²) in [6.07, 6.45) is 5.65. The summed E-state index contributed by atoms with van der Waals surface area (Å²) in [6, 6.07) is 16.5. The van der Waals surface area contributed by atoms with Crippen molar-refractivity contribution in [1.82, 2.24) is 4.40 Å². The fourth-order valence-electron chi connectivity index (χ4n) is 2.60. The van der Waals surface area contributed by atoms with Crippen molar-refractivity contribution >= 4 is 34.5 Å². The van der Waals surface area contributed by atoms with Gasteiger partial charge in [-0.3, -0.25) is 14.5 Å². The predicted octanol–water partition coefficient (Wildman–Crippen LogP) is 4.76. The van der Waals surface area contributed by atoms with E-state index in [1.807, 2.05) is 53.1 Å². The summed E-state index contributed by atoms with van der Waals surface area (Å²) in [6.45, 7) is 0.